The summed E-state index contributed by atoms with van der Waals surface area (Å²) in [5.41, 5.74) is 2.62. The molecule has 4 nitrogen and oxygen atoms in total. The van der Waals surface area contributed by atoms with Crippen LogP contribution >= 0.6 is 0 Å². The van der Waals surface area contributed by atoms with E-state index in [1.54, 1.807) is 12.4 Å². The summed E-state index contributed by atoms with van der Waals surface area (Å²) < 4.78 is 13.4. The number of aromatic nitrogens is 3. The molecule has 0 spiro atoms. The summed E-state index contributed by atoms with van der Waals surface area (Å²) in [5.74, 6) is 0.697. The van der Waals surface area contributed by atoms with Gasteiger partial charge < -0.3 is 9.88 Å². The largest absolute Gasteiger partial charge is 0.355 e. The Hall–Kier alpha value is -2.17. The number of anilines is 1. The third-order valence-corrected chi connectivity index (χ3v) is 3.98. The Kier molecular flexibility index (Phi) is 2.58. The van der Waals surface area contributed by atoms with Crippen LogP contribution in [0.25, 0.3) is 21.9 Å². The SMILES string of the molecule is Fc1ccc2[nH]c3c(N4CCCCC4)ncnc3c2c1. The molecule has 4 rings (SSSR count). The van der Waals surface area contributed by atoms with Crippen LogP contribution in [0.3, 0.4) is 0 Å². The third kappa shape index (κ3) is 1.73. The lowest BCUT2D eigenvalue weighted by Crippen LogP contribution is -2.30. The van der Waals surface area contributed by atoms with Crippen molar-refractivity contribution in [1.29, 1.82) is 0 Å². The van der Waals surface area contributed by atoms with Crippen LogP contribution in [0.1, 0.15) is 19.3 Å². The highest BCUT2D eigenvalue weighted by Gasteiger charge is 2.18. The quantitative estimate of drug-likeness (QED) is 0.738. The molecular weight excluding hydrogens is 255 g/mol. The van der Waals surface area contributed by atoms with Crippen LogP contribution in [0.2, 0.25) is 0 Å². The average molecular weight is 270 g/mol. The van der Waals surface area contributed by atoms with Gasteiger partial charge in [0.1, 0.15) is 23.2 Å². The van der Waals surface area contributed by atoms with E-state index in [2.05, 4.69) is 19.9 Å². The fourth-order valence-corrected chi connectivity index (χ4v) is 3.00. The van der Waals surface area contributed by atoms with Gasteiger partial charge in [-0.05, 0) is 37.5 Å². The lowest BCUT2D eigenvalue weighted by molar-refractivity contribution is 0.574. The van der Waals surface area contributed by atoms with Gasteiger partial charge in [0.05, 0.1) is 0 Å². The zero-order chi connectivity index (χ0) is 13.5. The number of rotatable bonds is 1. The highest BCUT2D eigenvalue weighted by molar-refractivity contribution is 6.08. The fraction of sp³-hybridized carbons (Fsp3) is 0.333. The summed E-state index contributed by atoms with van der Waals surface area (Å²) in [6, 6.07) is 4.75. The van der Waals surface area contributed by atoms with E-state index in [0.717, 1.165) is 40.8 Å². The van der Waals surface area contributed by atoms with Crippen molar-refractivity contribution in [2.45, 2.75) is 19.3 Å². The van der Waals surface area contributed by atoms with Crippen LogP contribution in [0.4, 0.5) is 10.2 Å². The molecule has 0 saturated carbocycles. The number of fused-ring (bicyclic) bond motifs is 3. The topological polar surface area (TPSA) is 44.8 Å². The zero-order valence-electron chi connectivity index (χ0n) is 11.1. The van der Waals surface area contributed by atoms with Gasteiger partial charge in [-0.25, -0.2) is 14.4 Å². The van der Waals surface area contributed by atoms with Crippen molar-refractivity contribution < 1.29 is 4.39 Å². The molecule has 0 aliphatic carbocycles. The number of benzene rings is 1. The van der Waals surface area contributed by atoms with E-state index in [1.807, 2.05) is 0 Å². The minimum Gasteiger partial charge on any atom is -0.355 e. The maximum Gasteiger partial charge on any atom is 0.156 e. The lowest BCUT2D eigenvalue weighted by atomic mass is 10.1. The molecule has 1 aliphatic rings. The Morgan fingerprint density at radius 1 is 1.10 bits per heavy atom. The second-order valence-electron chi connectivity index (χ2n) is 5.28. The van der Waals surface area contributed by atoms with Gasteiger partial charge in [-0.3, -0.25) is 0 Å². The number of H-pyrrole nitrogens is 1. The molecular formula is C15H15FN4. The number of halogens is 1. The first-order chi connectivity index (χ1) is 9.83. The van der Waals surface area contributed by atoms with Gasteiger partial charge in [-0.1, -0.05) is 0 Å². The third-order valence-electron chi connectivity index (χ3n) is 3.98. The minimum absolute atomic E-state index is 0.239. The van der Waals surface area contributed by atoms with Crippen molar-refractivity contribution in [3.05, 3.63) is 30.3 Å². The minimum atomic E-state index is -0.239. The maximum atomic E-state index is 13.4. The number of piperidine rings is 1. The number of aromatic amines is 1. The summed E-state index contributed by atoms with van der Waals surface area (Å²) in [7, 11) is 0. The summed E-state index contributed by atoms with van der Waals surface area (Å²) in [6.07, 6.45) is 5.24. The van der Waals surface area contributed by atoms with Crippen LogP contribution in [-0.4, -0.2) is 28.0 Å². The van der Waals surface area contributed by atoms with Gasteiger partial charge in [-0.15, -0.1) is 0 Å². The number of hydrogen-bond acceptors (Lipinski definition) is 3. The monoisotopic (exact) mass is 270 g/mol. The molecule has 0 bridgehead atoms. The lowest BCUT2D eigenvalue weighted by Gasteiger charge is -2.27. The predicted octanol–water partition coefficient (Wildman–Crippen LogP) is 3.24. The molecule has 1 aromatic carbocycles. The zero-order valence-corrected chi connectivity index (χ0v) is 11.1. The first kappa shape index (κ1) is 11.6. The average Bonchev–Trinajstić information content (AvgIpc) is 2.86. The van der Waals surface area contributed by atoms with Crippen LogP contribution in [0, 0.1) is 5.82 Å². The molecule has 0 radical (unpaired) electrons. The van der Waals surface area contributed by atoms with Crippen LogP contribution in [0.5, 0.6) is 0 Å². The van der Waals surface area contributed by atoms with Crippen molar-refractivity contribution in [1.82, 2.24) is 15.0 Å². The predicted molar refractivity (Wildman–Crippen MR) is 77.4 cm³/mol. The second kappa shape index (κ2) is 4.44. The molecule has 3 aromatic rings. The fourth-order valence-electron chi connectivity index (χ4n) is 3.00. The highest BCUT2D eigenvalue weighted by atomic mass is 19.1. The molecule has 3 heterocycles. The molecule has 20 heavy (non-hydrogen) atoms. The Bertz CT molecular complexity index is 774. The van der Waals surface area contributed by atoms with Gasteiger partial charge in [0, 0.05) is 24.0 Å². The summed E-state index contributed by atoms with van der Waals surface area (Å²) in [6.45, 7) is 2.05. The van der Waals surface area contributed by atoms with Crippen LogP contribution in [0.15, 0.2) is 24.5 Å². The molecule has 0 unspecified atom stereocenters. The van der Waals surface area contributed by atoms with Crippen molar-refractivity contribution in [3.63, 3.8) is 0 Å². The van der Waals surface area contributed by atoms with Crippen molar-refractivity contribution in [2.24, 2.45) is 0 Å². The van der Waals surface area contributed by atoms with E-state index in [1.165, 1.54) is 31.4 Å². The molecule has 1 saturated heterocycles. The molecule has 0 amide bonds. The molecule has 102 valence electrons. The van der Waals surface area contributed by atoms with Crippen molar-refractivity contribution in [2.75, 3.05) is 18.0 Å². The van der Waals surface area contributed by atoms with Crippen LogP contribution < -0.4 is 4.90 Å². The van der Waals surface area contributed by atoms with Crippen molar-refractivity contribution >= 4 is 27.8 Å². The Balaban J connectivity index is 1.95. The number of nitrogens with one attached hydrogen (secondary N) is 1. The van der Waals surface area contributed by atoms with Gasteiger partial charge >= 0.3 is 0 Å². The maximum absolute atomic E-state index is 13.4. The first-order valence-electron chi connectivity index (χ1n) is 7.00. The normalized spacial score (nSPS) is 16.1. The van der Waals surface area contributed by atoms with E-state index < -0.39 is 0 Å². The molecule has 5 heteroatoms. The highest BCUT2D eigenvalue weighted by Crippen LogP contribution is 2.30. The summed E-state index contributed by atoms with van der Waals surface area (Å²) in [5, 5.41) is 0.820. The van der Waals surface area contributed by atoms with E-state index in [4.69, 9.17) is 0 Å². The number of hydrogen-bond donors (Lipinski definition) is 1. The second-order valence-corrected chi connectivity index (χ2v) is 5.28. The van der Waals surface area contributed by atoms with E-state index >= 15 is 0 Å². The Labute approximate surface area is 115 Å². The van der Waals surface area contributed by atoms with Gasteiger partial charge in [0.25, 0.3) is 0 Å². The molecule has 1 aliphatic heterocycles. The first-order valence-corrected chi connectivity index (χ1v) is 7.00. The van der Waals surface area contributed by atoms with Gasteiger partial charge in [0.15, 0.2) is 5.82 Å². The molecule has 1 fully saturated rings. The standard InChI is InChI=1S/C15H15FN4/c16-10-4-5-12-11(8-10)13-14(19-12)15(18-9-17-13)20-6-2-1-3-7-20/h4-5,8-9,19H,1-3,6-7H2. The Morgan fingerprint density at radius 3 is 2.80 bits per heavy atom. The summed E-state index contributed by atoms with van der Waals surface area (Å²) in [4.78, 5) is 14.4. The van der Waals surface area contributed by atoms with E-state index in [-0.39, 0.29) is 5.82 Å². The Morgan fingerprint density at radius 2 is 1.95 bits per heavy atom. The van der Waals surface area contributed by atoms with E-state index in [0.29, 0.717) is 0 Å². The molecule has 0 atom stereocenters. The van der Waals surface area contributed by atoms with Crippen molar-refractivity contribution in [3.8, 4) is 0 Å². The van der Waals surface area contributed by atoms with Crippen LogP contribution in [-0.2, 0) is 0 Å². The smallest absolute Gasteiger partial charge is 0.156 e. The van der Waals surface area contributed by atoms with Gasteiger partial charge in [-0.2, -0.15) is 0 Å². The van der Waals surface area contributed by atoms with E-state index in [9.17, 15) is 4.39 Å². The molecule has 1 N–H and O–H groups in total. The van der Waals surface area contributed by atoms with Gasteiger partial charge in [0.2, 0.25) is 0 Å². The summed E-state index contributed by atoms with van der Waals surface area (Å²) >= 11 is 0. The number of nitrogens with zero attached hydrogens (tertiary/aromatic N) is 3. The molecule has 2 aromatic heterocycles.